The van der Waals surface area contributed by atoms with Crippen LogP contribution in [0.4, 0.5) is 4.39 Å². The van der Waals surface area contributed by atoms with Crippen LogP contribution >= 0.6 is 11.6 Å². The molecule has 0 unspecified atom stereocenters. The minimum atomic E-state index is -0.611. The van der Waals surface area contributed by atoms with Gasteiger partial charge in [-0.1, -0.05) is 11.6 Å². The fourth-order valence-corrected chi connectivity index (χ4v) is 2.28. The fraction of sp³-hybridized carbons (Fsp3) is 0.143. The Labute approximate surface area is 124 Å². The lowest BCUT2D eigenvalue weighted by Gasteiger charge is -2.05. The number of hydrogen-bond acceptors (Lipinski definition) is 2. The van der Waals surface area contributed by atoms with Crippen molar-refractivity contribution >= 4 is 23.2 Å². The van der Waals surface area contributed by atoms with Crippen LogP contribution < -0.4 is 5.32 Å². The number of aryl methyl sites for hydroxylation is 1. The number of aromatic nitrogens is 3. The maximum atomic E-state index is 13.3. The SMILES string of the molecule is Cn1ccn2ncc(CNC(=O)c3ccc(Cl)c(F)c3)c12. The van der Waals surface area contributed by atoms with Crippen LogP contribution in [-0.2, 0) is 13.6 Å². The molecule has 0 saturated heterocycles. The number of halogens is 2. The second kappa shape index (κ2) is 5.21. The molecule has 3 aromatic rings. The van der Waals surface area contributed by atoms with Crippen LogP contribution in [0, 0.1) is 5.82 Å². The number of nitrogens with one attached hydrogen (secondary N) is 1. The number of carbonyl (C=O) groups excluding carboxylic acids is 1. The number of nitrogens with zero attached hydrogens (tertiary/aromatic N) is 3. The lowest BCUT2D eigenvalue weighted by Crippen LogP contribution is -2.23. The van der Waals surface area contributed by atoms with Crippen LogP contribution in [0.15, 0.2) is 36.8 Å². The number of benzene rings is 1. The van der Waals surface area contributed by atoms with Crippen LogP contribution in [-0.4, -0.2) is 20.1 Å². The van der Waals surface area contributed by atoms with Crippen LogP contribution in [0.1, 0.15) is 15.9 Å². The smallest absolute Gasteiger partial charge is 0.251 e. The second-order valence-electron chi connectivity index (χ2n) is 4.66. The molecule has 0 aliphatic rings. The van der Waals surface area contributed by atoms with Crippen LogP contribution in [0.25, 0.3) is 5.65 Å². The zero-order valence-corrected chi connectivity index (χ0v) is 11.9. The van der Waals surface area contributed by atoms with Crippen molar-refractivity contribution in [3.05, 3.63) is 58.8 Å². The molecule has 2 aromatic heterocycles. The second-order valence-corrected chi connectivity index (χ2v) is 5.07. The molecule has 0 aliphatic carbocycles. The van der Waals surface area contributed by atoms with E-state index in [4.69, 9.17) is 11.6 Å². The summed E-state index contributed by atoms with van der Waals surface area (Å²) < 4.78 is 17.0. The highest BCUT2D eigenvalue weighted by molar-refractivity contribution is 6.30. The quantitative estimate of drug-likeness (QED) is 0.808. The van der Waals surface area contributed by atoms with Crippen molar-refractivity contribution in [3.8, 4) is 0 Å². The Kier molecular flexibility index (Phi) is 3.39. The Morgan fingerprint density at radius 3 is 3.00 bits per heavy atom. The standard InChI is InChI=1S/C14H12ClFN4O/c1-19-4-5-20-14(19)10(8-18-20)7-17-13(21)9-2-3-11(15)12(16)6-9/h2-6,8H,7H2,1H3,(H,17,21). The molecular formula is C14H12ClFN4O. The minimum Gasteiger partial charge on any atom is -0.348 e. The predicted molar refractivity (Wildman–Crippen MR) is 76.7 cm³/mol. The first-order valence-corrected chi connectivity index (χ1v) is 6.65. The number of imidazole rings is 1. The highest BCUT2D eigenvalue weighted by atomic mass is 35.5. The van der Waals surface area contributed by atoms with E-state index in [9.17, 15) is 9.18 Å². The van der Waals surface area contributed by atoms with E-state index in [0.29, 0.717) is 6.54 Å². The van der Waals surface area contributed by atoms with Gasteiger partial charge in [0.1, 0.15) is 11.5 Å². The summed E-state index contributed by atoms with van der Waals surface area (Å²) in [7, 11) is 1.90. The van der Waals surface area contributed by atoms with Crippen LogP contribution in [0.5, 0.6) is 0 Å². The largest absolute Gasteiger partial charge is 0.348 e. The molecule has 0 radical (unpaired) electrons. The van der Waals surface area contributed by atoms with Gasteiger partial charge in [-0.2, -0.15) is 5.10 Å². The maximum Gasteiger partial charge on any atom is 0.251 e. The number of amides is 1. The summed E-state index contributed by atoms with van der Waals surface area (Å²) in [6, 6.07) is 3.96. The molecule has 0 spiro atoms. The van der Waals surface area contributed by atoms with Crippen LogP contribution in [0.2, 0.25) is 5.02 Å². The molecule has 21 heavy (non-hydrogen) atoms. The van der Waals surface area contributed by atoms with E-state index in [2.05, 4.69) is 10.4 Å². The Morgan fingerprint density at radius 1 is 1.43 bits per heavy atom. The van der Waals surface area contributed by atoms with Crippen molar-refractivity contribution < 1.29 is 9.18 Å². The van der Waals surface area contributed by atoms with E-state index in [-0.39, 0.29) is 16.5 Å². The van der Waals surface area contributed by atoms with Crippen molar-refractivity contribution in [1.29, 1.82) is 0 Å². The van der Waals surface area contributed by atoms with Gasteiger partial charge < -0.3 is 9.88 Å². The van der Waals surface area contributed by atoms with Crippen molar-refractivity contribution in [2.45, 2.75) is 6.54 Å². The van der Waals surface area contributed by atoms with E-state index in [1.54, 1.807) is 10.7 Å². The molecule has 0 atom stereocenters. The summed E-state index contributed by atoms with van der Waals surface area (Å²) in [5.74, 6) is -0.973. The van der Waals surface area contributed by atoms with Crippen molar-refractivity contribution in [3.63, 3.8) is 0 Å². The molecule has 0 fully saturated rings. The third-order valence-corrected chi connectivity index (χ3v) is 3.54. The van der Waals surface area contributed by atoms with Gasteiger partial charge >= 0.3 is 0 Å². The molecule has 0 bridgehead atoms. The van der Waals surface area contributed by atoms with Gasteiger partial charge in [0.05, 0.1) is 11.2 Å². The van der Waals surface area contributed by atoms with Gasteiger partial charge in [0, 0.05) is 37.1 Å². The monoisotopic (exact) mass is 306 g/mol. The minimum absolute atomic E-state index is 0.00583. The van der Waals surface area contributed by atoms with Crippen molar-refractivity contribution in [2.75, 3.05) is 0 Å². The molecule has 1 amide bonds. The molecule has 1 N–H and O–H groups in total. The Hall–Kier alpha value is -2.34. The summed E-state index contributed by atoms with van der Waals surface area (Å²) in [4.78, 5) is 12.0. The van der Waals surface area contributed by atoms with Gasteiger partial charge in [0.2, 0.25) is 0 Å². The summed E-state index contributed by atoms with van der Waals surface area (Å²) in [6.07, 6.45) is 5.40. The van der Waals surface area contributed by atoms with Gasteiger partial charge in [0.25, 0.3) is 5.91 Å². The summed E-state index contributed by atoms with van der Waals surface area (Å²) in [5.41, 5.74) is 2.01. The maximum absolute atomic E-state index is 13.3. The highest BCUT2D eigenvalue weighted by Crippen LogP contribution is 2.16. The molecule has 0 aliphatic heterocycles. The van der Waals surface area contributed by atoms with E-state index in [1.165, 1.54) is 12.1 Å². The van der Waals surface area contributed by atoms with Gasteiger partial charge in [-0.3, -0.25) is 4.79 Å². The molecule has 2 heterocycles. The van der Waals surface area contributed by atoms with E-state index in [1.807, 2.05) is 24.0 Å². The Morgan fingerprint density at radius 2 is 2.24 bits per heavy atom. The summed E-state index contributed by atoms with van der Waals surface area (Å²) in [6.45, 7) is 0.310. The Bertz CT molecular complexity index is 824. The van der Waals surface area contributed by atoms with Gasteiger partial charge in [-0.05, 0) is 18.2 Å². The summed E-state index contributed by atoms with van der Waals surface area (Å²) >= 11 is 5.59. The number of carbonyl (C=O) groups is 1. The lowest BCUT2D eigenvalue weighted by molar-refractivity contribution is 0.0950. The van der Waals surface area contributed by atoms with E-state index in [0.717, 1.165) is 17.3 Å². The zero-order chi connectivity index (χ0) is 15.0. The lowest BCUT2D eigenvalue weighted by atomic mass is 10.2. The molecule has 5 nitrogen and oxygen atoms in total. The number of hydrogen-bond donors (Lipinski definition) is 1. The molecule has 108 valence electrons. The predicted octanol–water partition coefficient (Wildman–Crippen LogP) is 2.40. The average Bonchev–Trinajstić information content (AvgIpc) is 3.03. The first kappa shape index (κ1) is 13.6. The normalized spacial score (nSPS) is 11.0. The van der Waals surface area contributed by atoms with E-state index >= 15 is 0 Å². The van der Waals surface area contributed by atoms with E-state index < -0.39 is 5.82 Å². The van der Waals surface area contributed by atoms with Crippen molar-refractivity contribution in [2.24, 2.45) is 7.05 Å². The molecular weight excluding hydrogens is 295 g/mol. The summed E-state index contributed by atoms with van der Waals surface area (Å²) in [5, 5.41) is 6.92. The highest BCUT2D eigenvalue weighted by Gasteiger charge is 2.11. The first-order valence-electron chi connectivity index (χ1n) is 6.27. The van der Waals surface area contributed by atoms with Crippen molar-refractivity contribution in [1.82, 2.24) is 19.5 Å². The Balaban J connectivity index is 1.76. The van der Waals surface area contributed by atoms with Gasteiger partial charge in [-0.15, -0.1) is 0 Å². The van der Waals surface area contributed by atoms with Gasteiger partial charge in [-0.25, -0.2) is 8.91 Å². The molecule has 7 heteroatoms. The third kappa shape index (κ3) is 2.50. The first-order chi connectivity index (χ1) is 10.1. The van der Waals surface area contributed by atoms with Gasteiger partial charge in [0.15, 0.2) is 0 Å². The number of fused-ring (bicyclic) bond motifs is 1. The fourth-order valence-electron chi connectivity index (χ4n) is 2.16. The zero-order valence-electron chi connectivity index (χ0n) is 11.2. The van der Waals surface area contributed by atoms with Crippen LogP contribution in [0.3, 0.4) is 0 Å². The molecule has 0 saturated carbocycles. The number of rotatable bonds is 3. The topological polar surface area (TPSA) is 51.3 Å². The molecule has 3 rings (SSSR count). The average molecular weight is 307 g/mol. The molecule has 1 aromatic carbocycles. The third-order valence-electron chi connectivity index (χ3n) is 3.23.